The van der Waals surface area contributed by atoms with Crippen molar-refractivity contribution in [2.75, 3.05) is 0 Å². The molecule has 3 rings (SSSR count). The number of ether oxygens (including phenoxy) is 1. The number of halogens is 2. The minimum absolute atomic E-state index is 0.196. The van der Waals surface area contributed by atoms with Crippen LogP contribution in [0.5, 0.6) is 0 Å². The van der Waals surface area contributed by atoms with Gasteiger partial charge in [0.2, 0.25) is 0 Å². The van der Waals surface area contributed by atoms with Crippen molar-refractivity contribution < 1.29 is 14.3 Å². The Hall–Kier alpha value is -2.96. The summed E-state index contributed by atoms with van der Waals surface area (Å²) in [6.07, 6.45) is 2.95. The first-order valence-electron chi connectivity index (χ1n) is 9.64. The fourth-order valence-corrected chi connectivity index (χ4v) is 3.22. The number of carbonyl (C=O) groups excluding carboxylic acids is 2. The summed E-state index contributed by atoms with van der Waals surface area (Å²) in [6, 6.07) is 11.2. The normalized spacial score (nSPS) is 11.8. The molecule has 1 aromatic heterocycles. The van der Waals surface area contributed by atoms with Crippen LogP contribution in [0.2, 0.25) is 10.0 Å². The van der Waals surface area contributed by atoms with Gasteiger partial charge in [-0.1, -0.05) is 35.3 Å². The maximum absolute atomic E-state index is 12.6. The van der Waals surface area contributed by atoms with Crippen LogP contribution in [-0.4, -0.2) is 27.9 Å². The lowest BCUT2D eigenvalue weighted by atomic mass is 10.0. The Kier molecular flexibility index (Phi) is 7.25. The van der Waals surface area contributed by atoms with Crippen LogP contribution >= 0.6 is 23.2 Å². The molecule has 0 saturated carbocycles. The summed E-state index contributed by atoms with van der Waals surface area (Å²) in [7, 11) is 0. The Balaban J connectivity index is 1.81. The number of hydrogen-bond donors (Lipinski definition) is 1. The fourth-order valence-electron chi connectivity index (χ4n) is 2.92. The molecule has 2 aromatic carbocycles. The number of aromatic nitrogens is 2. The second-order valence-electron chi connectivity index (χ2n) is 7.15. The third-order valence-corrected chi connectivity index (χ3v) is 5.14. The predicted molar refractivity (Wildman–Crippen MR) is 120 cm³/mol. The minimum Gasteiger partial charge on any atom is -0.459 e. The average molecular weight is 458 g/mol. The van der Waals surface area contributed by atoms with Gasteiger partial charge in [-0.25, -0.2) is 4.79 Å². The molecule has 6 nitrogen and oxygen atoms in total. The molecule has 1 amide bonds. The van der Waals surface area contributed by atoms with Gasteiger partial charge in [0, 0.05) is 23.5 Å². The van der Waals surface area contributed by atoms with E-state index in [0.29, 0.717) is 32.6 Å². The lowest BCUT2D eigenvalue weighted by molar-refractivity contribution is 0.0378. The zero-order valence-corrected chi connectivity index (χ0v) is 18.7. The van der Waals surface area contributed by atoms with Gasteiger partial charge in [0.05, 0.1) is 39.1 Å². The summed E-state index contributed by atoms with van der Waals surface area (Å²) in [5.74, 6) is -0.697. The second-order valence-corrected chi connectivity index (χ2v) is 7.96. The fraction of sp³-hybridized carbons (Fsp3) is 0.217. The lowest BCUT2D eigenvalue weighted by Crippen LogP contribution is -2.27. The third kappa shape index (κ3) is 5.60. The van der Waals surface area contributed by atoms with Gasteiger partial charge in [-0.2, -0.15) is 0 Å². The molecule has 0 radical (unpaired) electrons. The van der Waals surface area contributed by atoms with Crippen LogP contribution in [0, 0.1) is 0 Å². The van der Waals surface area contributed by atoms with E-state index in [1.54, 1.807) is 62.6 Å². The second kappa shape index (κ2) is 9.90. The molecule has 0 unspecified atom stereocenters. The van der Waals surface area contributed by atoms with E-state index in [-0.39, 0.29) is 18.0 Å². The van der Waals surface area contributed by atoms with Crippen LogP contribution in [0.4, 0.5) is 0 Å². The average Bonchev–Trinajstić information content (AvgIpc) is 2.75. The first-order valence-corrected chi connectivity index (χ1v) is 10.4. The molecule has 0 fully saturated rings. The van der Waals surface area contributed by atoms with Crippen molar-refractivity contribution in [3.05, 3.63) is 81.7 Å². The van der Waals surface area contributed by atoms with Crippen molar-refractivity contribution >= 4 is 35.1 Å². The lowest BCUT2D eigenvalue weighted by Gasteiger charge is -2.17. The van der Waals surface area contributed by atoms with Gasteiger partial charge in [0.15, 0.2) is 0 Å². The number of benzene rings is 2. The standard InChI is InChI=1S/C23H21Cl2N3O3/c1-13(2)31-23(30)16-6-4-15(5-7-16)21-20(26-10-11-27-21)14(3)28-22(29)17-8-9-18(24)19(25)12-17/h4-14H,1-3H3,(H,28,29)/t14-/m1/s1. The summed E-state index contributed by atoms with van der Waals surface area (Å²) >= 11 is 11.9. The van der Waals surface area contributed by atoms with Gasteiger partial charge in [0.25, 0.3) is 5.91 Å². The summed E-state index contributed by atoms with van der Waals surface area (Å²) in [5, 5.41) is 3.59. The first-order chi connectivity index (χ1) is 14.8. The van der Waals surface area contributed by atoms with E-state index >= 15 is 0 Å². The van der Waals surface area contributed by atoms with E-state index in [0.717, 1.165) is 5.56 Å². The molecular formula is C23H21Cl2N3O3. The monoisotopic (exact) mass is 457 g/mol. The Labute approximate surface area is 190 Å². The summed E-state index contributed by atoms with van der Waals surface area (Å²) in [5.41, 5.74) is 2.80. The molecule has 1 heterocycles. The molecule has 0 aliphatic heterocycles. The quantitative estimate of drug-likeness (QED) is 0.493. The predicted octanol–water partition coefficient (Wildman–Crippen LogP) is 5.51. The van der Waals surface area contributed by atoms with Crippen molar-refractivity contribution in [1.29, 1.82) is 0 Å². The number of esters is 1. The number of carbonyl (C=O) groups is 2. The van der Waals surface area contributed by atoms with E-state index < -0.39 is 6.04 Å². The highest BCUT2D eigenvalue weighted by Gasteiger charge is 2.19. The smallest absolute Gasteiger partial charge is 0.338 e. The van der Waals surface area contributed by atoms with Crippen LogP contribution in [0.3, 0.4) is 0 Å². The first kappa shape index (κ1) is 22.7. The summed E-state index contributed by atoms with van der Waals surface area (Å²) in [6.45, 7) is 5.41. The van der Waals surface area contributed by atoms with Crippen molar-refractivity contribution in [1.82, 2.24) is 15.3 Å². The maximum Gasteiger partial charge on any atom is 0.338 e. The van der Waals surface area contributed by atoms with E-state index in [1.807, 2.05) is 6.92 Å². The van der Waals surface area contributed by atoms with E-state index in [4.69, 9.17) is 27.9 Å². The van der Waals surface area contributed by atoms with E-state index in [9.17, 15) is 9.59 Å². The molecule has 0 saturated heterocycles. The number of amides is 1. The number of nitrogens with zero attached hydrogens (tertiary/aromatic N) is 2. The molecule has 31 heavy (non-hydrogen) atoms. The van der Waals surface area contributed by atoms with Gasteiger partial charge in [-0.05, 0) is 51.1 Å². The van der Waals surface area contributed by atoms with Crippen LogP contribution in [0.15, 0.2) is 54.9 Å². The minimum atomic E-state index is -0.434. The van der Waals surface area contributed by atoms with Gasteiger partial charge in [-0.3, -0.25) is 14.8 Å². The third-order valence-electron chi connectivity index (χ3n) is 4.40. The van der Waals surface area contributed by atoms with Crippen molar-refractivity contribution in [3.63, 3.8) is 0 Å². The molecule has 160 valence electrons. The van der Waals surface area contributed by atoms with Crippen LogP contribution < -0.4 is 5.32 Å². The van der Waals surface area contributed by atoms with Crippen LogP contribution in [0.1, 0.15) is 53.2 Å². The Morgan fingerprint density at radius 3 is 2.19 bits per heavy atom. The zero-order valence-electron chi connectivity index (χ0n) is 17.2. The van der Waals surface area contributed by atoms with E-state index in [1.165, 1.54) is 6.07 Å². The maximum atomic E-state index is 12.6. The van der Waals surface area contributed by atoms with E-state index in [2.05, 4.69) is 15.3 Å². The van der Waals surface area contributed by atoms with Gasteiger partial charge < -0.3 is 10.1 Å². The van der Waals surface area contributed by atoms with Crippen molar-refractivity contribution in [2.24, 2.45) is 0 Å². The van der Waals surface area contributed by atoms with Gasteiger partial charge in [-0.15, -0.1) is 0 Å². The molecular weight excluding hydrogens is 437 g/mol. The molecule has 1 atom stereocenters. The molecule has 1 N–H and O–H groups in total. The number of rotatable bonds is 6. The molecule has 0 aliphatic carbocycles. The topological polar surface area (TPSA) is 81.2 Å². The van der Waals surface area contributed by atoms with Crippen molar-refractivity contribution in [2.45, 2.75) is 32.9 Å². The van der Waals surface area contributed by atoms with Crippen LogP contribution in [0.25, 0.3) is 11.3 Å². The molecule has 0 spiro atoms. The van der Waals surface area contributed by atoms with Crippen molar-refractivity contribution in [3.8, 4) is 11.3 Å². The largest absolute Gasteiger partial charge is 0.459 e. The molecule has 0 bridgehead atoms. The summed E-state index contributed by atoms with van der Waals surface area (Å²) < 4.78 is 5.21. The highest BCUT2D eigenvalue weighted by atomic mass is 35.5. The number of nitrogens with one attached hydrogen (secondary N) is 1. The zero-order chi connectivity index (χ0) is 22.5. The van der Waals surface area contributed by atoms with Crippen LogP contribution in [-0.2, 0) is 4.74 Å². The molecule has 8 heteroatoms. The SMILES string of the molecule is CC(C)OC(=O)c1ccc(-c2nccnc2[C@@H](C)NC(=O)c2ccc(Cl)c(Cl)c2)cc1. The molecule has 3 aromatic rings. The Morgan fingerprint density at radius 2 is 1.55 bits per heavy atom. The molecule has 0 aliphatic rings. The number of hydrogen-bond acceptors (Lipinski definition) is 5. The van der Waals surface area contributed by atoms with Gasteiger partial charge >= 0.3 is 5.97 Å². The highest BCUT2D eigenvalue weighted by molar-refractivity contribution is 6.42. The Bertz CT molecular complexity index is 1100. The highest BCUT2D eigenvalue weighted by Crippen LogP contribution is 2.26. The Morgan fingerprint density at radius 1 is 0.903 bits per heavy atom. The van der Waals surface area contributed by atoms with Gasteiger partial charge in [0.1, 0.15) is 0 Å². The summed E-state index contributed by atoms with van der Waals surface area (Å²) in [4.78, 5) is 33.5.